The summed E-state index contributed by atoms with van der Waals surface area (Å²) in [4.78, 5) is 2.78. The fourth-order valence-electron chi connectivity index (χ4n) is 1.15. The number of aromatic nitrogens is 1. The summed E-state index contributed by atoms with van der Waals surface area (Å²) in [7, 11) is 0. The molecule has 0 saturated carbocycles. The Labute approximate surface area is 62.8 Å². The van der Waals surface area contributed by atoms with Gasteiger partial charge in [-0.2, -0.15) is 0 Å². The average molecular weight is 150 g/mol. The zero-order valence-electron chi connectivity index (χ0n) is 5.76. The molecule has 0 radical (unpaired) electrons. The monoisotopic (exact) mass is 150 g/mol. The number of halogens is 1. The molecule has 0 amide bonds. The number of H-pyrrole nitrogens is 1. The lowest BCUT2D eigenvalue weighted by Crippen LogP contribution is -1.86. The van der Waals surface area contributed by atoms with Gasteiger partial charge in [0.1, 0.15) is 5.82 Å². The van der Waals surface area contributed by atoms with Gasteiger partial charge < -0.3 is 10.7 Å². The maximum atomic E-state index is 13.0. The van der Waals surface area contributed by atoms with E-state index in [0.29, 0.717) is 11.2 Å². The van der Waals surface area contributed by atoms with E-state index in [4.69, 9.17) is 5.73 Å². The average Bonchev–Trinajstić information content (AvgIpc) is 2.34. The molecule has 1 aromatic heterocycles. The van der Waals surface area contributed by atoms with E-state index in [1.54, 1.807) is 18.3 Å². The van der Waals surface area contributed by atoms with Crippen LogP contribution in [-0.2, 0) is 0 Å². The van der Waals surface area contributed by atoms with Crippen molar-refractivity contribution in [2.45, 2.75) is 0 Å². The Bertz CT molecular complexity index is 392. The van der Waals surface area contributed by atoms with Crippen molar-refractivity contribution >= 4 is 16.6 Å². The van der Waals surface area contributed by atoms with E-state index in [0.717, 1.165) is 5.39 Å². The van der Waals surface area contributed by atoms with Gasteiger partial charge in [0.15, 0.2) is 0 Å². The summed E-state index contributed by atoms with van der Waals surface area (Å²) < 4.78 is 13.0. The zero-order chi connectivity index (χ0) is 7.84. The van der Waals surface area contributed by atoms with Gasteiger partial charge in [-0.15, -0.1) is 0 Å². The first-order valence-electron chi connectivity index (χ1n) is 3.29. The Morgan fingerprint density at radius 1 is 1.36 bits per heavy atom. The van der Waals surface area contributed by atoms with Crippen LogP contribution in [0.2, 0.25) is 0 Å². The third-order valence-corrected chi connectivity index (χ3v) is 1.63. The molecule has 0 unspecified atom stereocenters. The van der Waals surface area contributed by atoms with Gasteiger partial charge in [-0.1, -0.05) is 0 Å². The first-order valence-corrected chi connectivity index (χ1v) is 3.29. The smallest absolute Gasteiger partial charge is 0.149 e. The molecule has 0 atom stereocenters. The standard InChI is InChI=1S/C8H7FN2/c9-7-4-6(10)3-5-1-2-11-8(5)7/h1-4,11H,10H2. The molecule has 1 heterocycles. The van der Waals surface area contributed by atoms with E-state index in [1.165, 1.54) is 6.07 Å². The molecule has 0 aliphatic rings. The third-order valence-electron chi connectivity index (χ3n) is 1.63. The second kappa shape index (κ2) is 1.99. The molecular formula is C8H7FN2. The molecule has 0 spiro atoms. The molecule has 1 aromatic carbocycles. The van der Waals surface area contributed by atoms with Gasteiger partial charge in [-0.05, 0) is 18.2 Å². The lowest BCUT2D eigenvalue weighted by Gasteiger charge is -1.94. The van der Waals surface area contributed by atoms with Crippen molar-refractivity contribution in [3.8, 4) is 0 Å². The van der Waals surface area contributed by atoms with Crippen LogP contribution in [-0.4, -0.2) is 4.98 Å². The molecule has 11 heavy (non-hydrogen) atoms. The predicted octanol–water partition coefficient (Wildman–Crippen LogP) is 1.89. The van der Waals surface area contributed by atoms with E-state index < -0.39 is 0 Å². The van der Waals surface area contributed by atoms with Gasteiger partial charge >= 0.3 is 0 Å². The van der Waals surface area contributed by atoms with Gasteiger partial charge in [0.25, 0.3) is 0 Å². The first-order chi connectivity index (χ1) is 5.27. The molecule has 0 aliphatic heterocycles. The van der Waals surface area contributed by atoms with Crippen molar-refractivity contribution in [3.63, 3.8) is 0 Å². The lowest BCUT2D eigenvalue weighted by molar-refractivity contribution is 0.638. The molecule has 0 aliphatic carbocycles. The van der Waals surface area contributed by atoms with Gasteiger partial charge in [-0.3, -0.25) is 0 Å². The topological polar surface area (TPSA) is 41.8 Å². The van der Waals surface area contributed by atoms with E-state index in [1.807, 2.05) is 0 Å². The van der Waals surface area contributed by atoms with Crippen LogP contribution in [0.15, 0.2) is 24.4 Å². The molecule has 3 heteroatoms. The summed E-state index contributed by atoms with van der Waals surface area (Å²) in [6, 6.07) is 4.82. The SMILES string of the molecule is Nc1cc(F)c2[nH]ccc2c1. The van der Waals surface area contributed by atoms with Crippen LogP contribution in [0.5, 0.6) is 0 Å². The Balaban J connectivity index is 2.91. The van der Waals surface area contributed by atoms with Crippen molar-refractivity contribution in [3.05, 3.63) is 30.2 Å². The minimum absolute atomic E-state index is 0.301. The van der Waals surface area contributed by atoms with E-state index in [9.17, 15) is 4.39 Å². The summed E-state index contributed by atoms with van der Waals surface area (Å²) in [6.07, 6.45) is 1.69. The van der Waals surface area contributed by atoms with Crippen LogP contribution >= 0.6 is 0 Å². The van der Waals surface area contributed by atoms with Gasteiger partial charge in [0.2, 0.25) is 0 Å². The molecule has 0 fully saturated rings. The van der Waals surface area contributed by atoms with Gasteiger partial charge in [0.05, 0.1) is 5.52 Å². The van der Waals surface area contributed by atoms with Crippen LogP contribution in [0.25, 0.3) is 10.9 Å². The summed E-state index contributed by atoms with van der Waals surface area (Å²) in [6.45, 7) is 0. The molecule has 56 valence electrons. The van der Waals surface area contributed by atoms with E-state index in [2.05, 4.69) is 4.98 Å². The zero-order valence-corrected chi connectivity index (χ0v) is 5.76. The Kier molecular flexibility index (Phi) is 1.12. The molecule has 2 nitrogen and oxygen atoms in total. The van der Waals surface area contributed by atoms with Crippen LogP contribution in [0, 0.1) is 5.82 Å². The van der Waals surface area contributed by atoms with Crippen LogP contribution in [0.3, 0.4) is 0 Å². The Morgan fingerprint density at radius 2 is 2.18 bits per heavy atom. The Hall–Kier alpha value is -1.51. The van der Waals surface area contributed by atoms with Gasteiger partial charge in [-0.25, -0.2) is 4.39 Å². The number of nitrogen functional groups attached to an aromatic ring is 1. The maximum absolute atomic E-state index is 13.0. The fourth-order valence-corrected chi connectivity index (χ4v) is 1.15. The number of fused-ring (bicyclic) bond motifs is 1. The van der Waals surface area contributed by atoms with E-state index in [-0.39, 0.29) is 5.82 Å². The van der Waals surface area contributed by atoms with Crippen molar-refractivity contribution in [1.82, 2.24) is 4.98 Å². The van der Waals surface area contributed by atoms with Crippen LogP contribution < -0.4 is 5.73 Å². The fraction of sp³-hybridized carbons (Fsp3) is 0. The Morgan fingerprint density at radius 3 is 3.00 bits per heavy atom. The number of hydrogen-bond acceptors (Lipinski definition) is 1. The normalized spacial score (nSPS) is 10.6. The first kappa shape index (κ1) is 6.22. The van der Waals surface area contributed by atoms with E-state index >= 15 is 0 Å². The summed E-state index contributed by atoms with van der Waals surface area (Å²) >= 11 is 0. The second-order valence-electron chi connectivity index (χ2n) is 2.44. The number of anilines is 1. The number of rotatable bonds is 0. The predicted molar refractivity (Wildman–Crippen MR) is 42.7 cm³/mol. The quantitative estimate of drug-likeness (QED) is 0.553. The highest BCUT2D eigenvalue weighted by molar-refractivity contribution is 5.83. The molecule has 0 saturated heterocycles. The number of hydrogen-bond donors (Lipinski definition) is 2. The summed E-state index contributed by atoms with van der Waals surface area (Å²) in [5, 5.41) is 0.808. The highest BCUT2D eigenvalue weighted by atomic mass is 19.1. The number of aromatic amines is 1. The largest absolute Gasteiger partial charge is 0.399 e. The molecular weight excluding hydrogens is 143 g/mol. The van der Waals surface area contributed by atoms with Crippen molar-refractivity contribution in [1.29, 1.82) is 0 Å². The molecule has 2 rings (SSSR count). The minimum atomic E-state index is -0.301. The number of benzene rings is 1. The lowest BCUT2D eigenvalue weighted by atomic mass is 10.2. The minimum Gasteiger partial charge on any atom is -0.399 e. The summed E-state index contributed by atoms with van der Waals surface area (Å²) in [5.41, 5.74) is 6.40. The molecule has 2 aromatic rings. The van der Waals surface area contributed by atoms with Crippen molar-refractivity contribution < 1.29 is 4.39 Å². The summed E-state index contributed by atoms with van der Waals surface area (Å²) in [5.74, 6) is -0.301. The molecule has 0 bridgehead atoms. The highest BCUT2D eigenvalue weighted by Crippen LogP contribution is 2.19. The molecule has 3 N–H and O–H groups in total. The second-order valence-corrected chi connectivity index (χ2v) is 2.44. The third kappa shape index (κ3) is 0.852. The van der Waals surface area contributed by atoms with Gasteiger partial charge in [0, 0.05) is 17.3 Å². The van der Waals surface area contributed by atoms with Crippen LogP contribution in [0.4, 0.5) is 10.1 Å². The number of nitrogens with one attached hydrogen (secondary N) is 1. The van der Waals surface area contributed by atoms with Crippen molar-refractivity contribution in [2.75, 3.05) is 5.73 Å². The maximum Gasteiger partial charge on any atom is 0.149 e. The van der Waals surface area contributed by atoms with Crippen LogP contribution in [0.1, 0.15) is 0 Å². The highest BCUT2D eigenvalue weighted by Gasteiger charge is 2.01. The number of nitrogens with two attached hydrogens (primary N) is 1. The van der Waals surface area contributed by atoms with Crippen molar-refractivity contribution in [2.24, 2.45) is 0 Å².